The summed E-state index contributed by atoms with van der Waals surface area (Å²) in [7, 11) is -3.84. The Morgan fingerprint density at radius 2 is 1.74 bits per heavy atom. The molecule has 1 saturated heterocycles. The van der Waals surface area contributed by atoms with E-state index in [9.17, 15) is 13.2 Å². The summed E-state index contributed by atoms with van der Waals surface area (Å²) in [6.07, 6.45) is 6.27. The summed E-state index contributed by atoms with van der Waals surface area (Å²) in [6.45, 7) is 9.85. The van der Waals surface area contributed by atoms with Gasteiger partial charge < -0.3 is 14.4 Å². The number of halogens is 1. The van der Waals surface area contributed by atoms with E-state index in [0.717, 1.165) is 37.7 Å². The van der Waals surface area contributed by atoms with Crippen molar-refractivity contribution in [1.29, 1.82) is 0 Å². The number of ether oxygens (including phenoxy) is 2. The topological polar surface area (TPSA) is 94.0 Å². The number of sulfonamides is 1. The minimum Gasteiger partial charge on any atom is -0.492 e. The Morgan fingerprint density at radius 1 is 1.02 bits per heavy atom. The van der Waals surface area contributed by atoms with E-state index in [2.05, 4.69) is 25.9 Å². The highest BCUT2D eigenvalue weighted by Gasteiger charge is 2.34. The second-order valence-corrected chi connectivity index (χ2v) is 14.6. The standard InChI is InChI=1S/C32H41ClN4O5S/c1-5-19-41-28-14-13-23(32(2,3)4)20-29(28)43(39,40)36-17-15-35(16-18-36)27-22-34-37(25-10-8-9-24(33)21-25)31(38)30(27)42-26-11-6-7-12-26/h8-10,13-14,20-22,26H,5-7,11-12,15-19H2,1-4H3. The lowest BCUT2D eigenvalue weighted by molar-refractivity contribution is 0.205. The average Bonchev–Trinajstić information content (AvgIpc) is 3.50. The lowest BCUT2D eigenvalue weighted by atomic mass is 9.87. The predicted molar refractivity (Wildman–Crippen MR) is 170 cm³/mol. The molecule has 0 bridgehead atoms. The van der Waals surface area contributed by atoms with Crippen LogP contribution in [0, 0.1) is 0 Å². The highest BCUT2D eigenvalue weighted by molar-refractivity contribution is 7.89. The zero-order valence-electron chi connectivity index (χ0n) is 25.4. The van der Waals surface area contributed by atoms with Crippen LogP contribution in [0.25, 0.3) is 5.69 Å². The van der Waals surface area contributed by atoms with E-state index in [1.165, 1.54) is 8.99 Å². The average molecular weight is 629 g/mol. The molecule has 1 aliphatic carbocycles. The molecule has 0 N–H and O–H groups in total. The molecule has 11 heteroatoms. The number of hydrogen-bond donors (Lipinski definition) is 0. The van der Waals surface area contributed by atoms with Gasteiger partial charge in [0.1, 0.15) is 16.3 Å². The fourth-order valence-electron chi connectivity index (χ4n) is 5.55. The predicted octanol–water partition coefficient (Wildman–Crippen LogP) is 5.80. The molecule has 1 aromatic heterocycles. The van der Waals surface area contributed by atoms with Gasteiger partial charge >= 0.3 is 5.56 Å². The molecule has 0 radical (unpaired) electrons. The van der Waals surface area contributed by atoms with Gasteiger partial charge in [-0.3, -0.25) is 4.79 Å². The largest absolute Gasteiger partial charge is 0.492 e. The second-order valence-electron chi connectivity index (χ2n) is 12.2. The first-order chi connectivity index (χ1) is 20.5. The Bertz CT molecular complexity index is 1600. The van der Waals surface area contributed by atoms with Crippen molar-refractivity contribution in [3.05, 3.63) is 69.6 Å². The van der Waals surface area contributed by atoms with E-state index < -0.39 is 10.0 Å². The van der Waals surface area contributed by atoms with Crippen LogP contribution in [0.2, 0.25) is 5.02 Å². The summed E-state index contributed by atoms with van der Waals surface area (Å²) in [4.78, 5) is 15.9. The van der Waals surface area contributed by atoms with Gasteiger partial charge in [-0.05, 0) is 73.4 Å². The summed E-state index contributed by atoms with van der Waals surface area (Å²) in [5.74, 6) is 0.615. The van der Waals surface area contributed by atoms with Crippen molar-refractivity contribution >= 4 is 27.3 Å². The summed E-state index contributed by atoms with van der Waals surface area (Å²) in [6, 6.07) is 12.4. The molecule has 2 fully saturated rings. The Balaban J connectivity index is 1.43. The molecule has 9 nitrogen and oxygen atoms in total. The Hall–Kier alpha value is -3.08. The molecule has 1 aliphatic heterocycles. The van der Waals surface area contributed by atoms with E-state index in [0.29, 0.717) is 41.8 Å². The van der Waals surface area contributed by atoms with Crippen molar-refractivity contribution in [3.8, 4) is 17.2 Å². The van der Waals surface area contributed by atoms with E-state index in [-0.39, 0.29) is 40.8 Å². The first kappa shape index (κ1) is 31.3. The molecule has 2 aliphatic rings. The van der Waals surface area contributed by atoms with E-state index in [4.69, 9.17) is 21.1 Å². The van der Waals surface area contributed by atoms with Gasteiger partial charge in [0.2, 0.25) is 15.8 Å². The molecular weight excluding hydrogens is 588 g/mol. The lowest BCUT2D eigenvalue weighted by Gasteiger charge is -2.36. The van der Waals surface area contributed by atoms with Gasteiger partial charge in [0, 0.05) is 31.2 Å². The summed E-state index contributed by atoms with van der Waals surface area (Å²) < 4.78 is 43.0. The fraction of sp³-hybridized carbons (Fsp3) is 0.500. The minimum atomic E-state index is -3.84. The number of aromatic nitrogens is 2. The van der Waals surface area contributed by atoms with Gasteiger partial charge in [0.25, 0.3) is 0 Å². The molecule has 5 rings (SSSR count). The maximum absolute atomic E-state index is 14.0. The molecule has 0 spiro atoms. The summed E-state index contributed by atoms with van der Waals surface area (Å²) >= 11 is 6.19. The van der Waals surface area contributed by atoms with Gasteiger partial charge in [0.05, 0.1) is 24.6 Å². The van der Waals surface area contributed by atoms with Crippen LogP contribution in [0.5, 0.6) is 11.5 Å². The van der Waals surface area contributed by atoms with Crippen LogP contribution in [-0.2, 0) is 15.4 Å². The van der Waals surface area contributed by atoms with Crippen molar-refractivity contribution in [2.24, 2.45) is 0 Å². The van der Waals surface area contributed by atoms with Crippen molar-refractivity contribution in [2.75, 3.05) is 37.7 Å². The first-order valence-corrected chi connectivity index (χ1v) is 16.9. The quantitative estimate of drug-likeness (QED) is 0.295. The number of piperazine rings is 1. The third-order valence-corrected chi connectivity index (χ3v) is 10.2. The Labute approximate surface area is 259 Å². The fourth-order valence-corrected chi connectivity index (χ4v) is 7.31. The number of anilines is 1. The van der Waals surface area contributed by atoms with Crippen LogP contribution >= 0.6 is 11.6 Å². The molecule has 1 saturated carbocycles. The second kappa shape index (κ2) is 12.9. The van der Waals surface area contributed by atoms with Crippen LogP contribution in [0.3, 0.4) is 0 Å². The third kappa shape index (κ3) is 6.86. The van der Waals surface area contributed by atoms with Crippen LogP contribution in [0.1, 0.15) is 65.4 Å². The van der Waals surface area contributed by atoms with E-state index >= 15 is 0 Å². The maximum atomic E-state index is 14.0. The van der Waals surface area contributed by atoms with Crippen molar-refractivity contribution in [3.63, 3.8) is 0 Å². The van der Waals surface area contributed by atoms with Gasteiger partial charge in [0.15, 0.2) is 0 Å². The lowest BCUT2D eigenvalue weighted by Crippen LogP contribution is -2.49. The molecule has 2 heterocycles. The number of benzene rings is 2. The maximum Gasteiger partial charge on any atom is 0.316 e. The monoisotopic (exact) mass is 628 g/mol. The molecule has 232 valence electrons. The van der Waals surface area contributed by atoms with Gasteiger partial charge in [-0.2, -0.15) is 14.1 Å². The van der Waals surface area contributed by atoms with Crippen LogP contribution < -0.4 is 19.9 Å². The van der Waals surface area contributed by atoms with Crippen molar-refractivity contribution in [1.82, 2.24) is 14.1 Å². The SMILES string of the molecule is CCCOc1ccc(C(C)(C)C)cc1S(=O)(=O)N1CCN(c2cnn(-c3cccc(Cl)c3)c(=O)c2OC2CCCC2)CC1. The number of nitrogens with zero attached hydrogens (tertiary/aromatic N) is 4. The minimum absolute atomic E-state index is 0.0417. The van der Waals surface area contributed by atoms with Gasteiger partial charge in [-0.15, -0.1) is 0 Å². The van der Waals surface area contributed by atoms with Gasteiger partial charge in [-0.25, -0.2) is 8.42 Å². The summed E-state index contributed by atoms with van der Waals surface area (Å²) in [5, 5.41) is 4.97. The van der Waals surface area contributed by atoms with Crippen LogP contribution in [-0.4, -0.2) is 61.4 Å². The molecule has 0 amide bonds. The van der Waals surface area contributed by atoms with E-state index in [1.54, 1.807) is 42.6 Å². The number of hydrogen-bond acceptors (Lipinski definition) is 7. The van der Waals surface area contributed by atoms with Crippen molar-refractivity contribution in [2.45, 2.75) is 76.2 Å². The molecule has 0 unspecified atom stereocenters. The molecule has 0 atom stereocenters. The first-order valence-electron chi connectivity index (χ1n) is 15.1. The Morgan fingerprint density at radius 3 is 2.40 bits per heavy atom. The highest BCUT2D eigenvalue weighted by atomic mass is 35.5. The highest BCUT2D eigenvalue weighted by Crippen LogP contribution is 2.35. The van der Waals surface area contributed by atoms with Crippen LogP contribution in [0.15, 0.2) is 58.4 Å². The zero-order valence-corrected chi connectivity index (χ0v) is 27.0. The number of rotatable bonds is 9. The van der Waals surface area contributed by atoms with Crippen LogP contribution in [0.4, 0.5) is 5.69 Å². The van der Waals surface area contributed by atoms with Crippen molar-refractivity contribution < 1.29 is 17.9 Å². The third-order valence-electron chi connectivity index (χ3n) is 8.02. The zero-order chi connectivity index (χ0) is 30.8. The molecule has 2 aromatic carbocycles. The molecule has 3 aromatic rings. The smallest absolute Gasteiger partial charge is 0.316 e. The Kier molecular flexibility index (Phi) is 9.39. The van der Waals surface area contributed by atoms with Gasteiger partial charge in [-0.1, -0.05) is 51.4 Å². The molecular formula is C32H41ClN4O5S. The molecule has 43 heavy (non-hydrogen) atoms. The normalized spacial score (nSPS) is 16.9. The summed E-state index contributed by atoms with van der Waals surface area (Å²) in [5.41, 5.74) is 1.47. The van der Waals surface area contributed by atoms with E-state index in [1.807, 2.05) is 17.9 Å².